The van der Waals surface area contributed by atoms with Gasteiger partial charge >= 0.3 is 6.03 Å². The number of carbonyl (C=O) groups is 1. The predicted molar refractivity (Wildman–Crippen MR) is 65.7 cm³/mol. The molecule has 0 aromatic carbocycles. The molecule has 0 aromatic rings. The Labute approximate surface area is 101 Å². The van der Waals surface area contributed by atoms with Crippen molar-refractivity contribution in [2.24, 2.45) is 0 Å². The first kappa shape index (κ1) is 12.0. The molecule has 1 aliphatic carbocycles. The third-order valence-electron chi connectivity index (χ3n) is 3.38. The lowest BCUT2D eigenvalue weighted by Crippen LogP contribution is -2.50. The molecule has 4 nitrogen and oxygen atoms in total. The second-order valence-electron chi connectivity index (χ2n) is 4.78. The van der Waals surface area contributed by atoms with E-state index in [0.29, 0.717) is 11.8 Å². The van der Waals surface area contributed by atoms with Gasteiger partial charge in [0, 0.05) is 18.3 Å². The summed E-state index contributed by atoms with van der Waals surface area (Å²) >= 11 is 1.93. The Bertz CT molecular complexity index is 250. The quantitative estimate of drug-likeness (QED) is 0.694. The first-order chi connectivity index (χ1) is 7.68. The van der Waals surface area contributed by atoms with Crippen LogP contribution in [0.2, 0.25) is 0 Å². The van der Waals surface area contributed by atoms with Crippen molar-refractivity contribution in [2.75, 3.05) is 18.8 Å². The number of hydrogen-bond donors (Lipinski definition) is 3. The molecule has 3 N–H and O–H groups in total. The molecule has 1 saturated heterocycles. The maximum Gasteiger partial charge on any atom is 0.314 e. The van der Waals surface area contributed by atoms with E-state index in [1.54, 1.807) is 0 Å². The van der Waals surface area contributed by atoms with Gasteiger partial charge in [-0.3, -0.25) is 0 Å². The summed E-state index contributed by atoms with van der Waals surface area (Å²) in [5.74, 6) is 1.22. The molecule has 1 saturated carbocycles. The molecule has 16 heavy (non-hydrogen) atoms. The Morgan fingerprint density at radius 1 is 1.38 bits per heavy atom. The molecule has 2 amide bonds. The highest BCUT2D eigenvalue weighted by atomic mass is 32.2. The number of amides is 2. The number of thioether (sulfide) groups is 1. The van der Waals surface area contributed by atoms with Crippen molar-refractivity contribution in [1.29, 1.82) is 0 Å². The summed E-state index contributed by atoms with van der Waals surface area (Å²) in [6.07, 6.45) is 5.16. The average molecular weight is 244 g/mol. The fourth-order valence-corrected chi connectivity index (χ4v) is 3.28. The van der Waals surface area contributed by atoms with Crippen LogP contribution in [-0.4, -0.2) is 40.8 Å². The Morgan fingerprint density at radius 2 is 2.19 bits per heavy atom. The van der Waals surface area contributed by atoms with Gasteiger partial charge in [-0.2, -0.15) is 11.8 Å². The summed E-state index contributed by atoms with van der Waals surface area (Å²) in [4.78, 5) is 11.4. The Morgan fingerprint density at radius 3 is 2.75 bits per heavy atom. The van der Waals surface area contributed by atoms with E-state index in [1.807, 2.05) is 11.8 Å². The smallest absolute Gasteiger partial charge is 0.314 e. The topological polar surface area (TPSA) is 61.4 Å². The van der Waals surface area contributed by atoms with Crippen LogP contribution in [0.15, 0.2) is 0 Å². The number of carbonyl (C=O) groups excluding carboxylic acids is 1. The molecule has 1 atom stereocenters. The number of aliphatic hydroxyl groups is 1. The molecule has 2 aliphatic rings. The molecule has 92 valence electrons. The minimum Gasteiger partial charge on any atom is -0.388 e. The summed E-state index contributed by atoms with van der Waals surface area (Å²) in [6, 6.07) is -0.146. The van der Waals surface area contributed by atoms with Crippen LogP contribution in [0.4, 0.5) is 4.79 Å². The van der Waals surface area contributed by atoms with Crippen LogP contribution in [0.25, 0.3) is 0 Å². The fraction of sp³-hybridized carbons (Fsp3) is 0.909. The molecule has 2 rings (SSSR count). The van der Waals surface area contributed by atoms with E-state index in [9.17, 15) is 9.90 Å². The van der Waals surface area contributed by atoms with Crippen LogP contribution in [-0.2, 0) is 0 Å². The maximum atomic E-state index is 11.4. The largest absolute Gasteiger partial charge is 0.388 e. The minimum absolute atomic E-state index is 0.146. The van der Waals surface area contributed by atoms with E-state index in [1.165, 1.54) is 18.6 Å². The van der Waals surface area contributed by atoms with Gasteiger partial charge in [0.1, 0.15) is 0 Å². The monoisotopic (exact) mass is 244 g/mol. The van der Waals surface area contributed by atoms with Gasteiger partial charge < -0.3 is 15.7 Å². The second kappa shape index (κ2) is 5.27. The van der Waals surface area contributed by atoms with Gasteiger partial charge in [-0.25, -0.2) is 4.79 Å². The van der Waals surface area contributed by atoms with Crippen molar-refractivity contribution >= 4 is 17.8 Å². The van der Waals surface area contributed by atoms with E-state index in [0.717, 1.165) is 25.8 Å². The second-order valence-corrected chi connectivity index (χ2v) is 6.18. The van der Waals surface area contributed by atoms with E-state index in [-0.39, 0.29) is 6.03 Å². The SMILES string of the molecule is O=C(NCC1CCCS1)NCC1(O)CCC1. The zero-order valence-electron chi connectivity index (χ0n) is 9.50. The molecule has 5 heteroatoms. The van der Waals surface area contributed by atoms with Crippen molar-refractivity contribution in [1.82, 2.24) is 10.6 Å². The summed E-state index contributed by atoms with van der Waals surface area (Å²) in [5.41, 5.74) is -0.626. The zero-order valence-corrected chi connectivity index (χ0v) is 10.3. The summed E-state index contributed by atoms with van der Waals surface area (Å²) < 4.78 is 0. The van der Waals surface area contributed by atoms with Crippen LogP contribution < -0.4 is 10.6 Å². The van der Waals surface area contributed by atoms with E-state index >= 15 is 0 Å². The van der Waals surface area contributed by atoms with Gasteiger partial charge in [0.15, 0.2) is 0 Å². The molecule has 0 radical (unpaired) electrons. The molecular formula is C11H20N2O2S. The van der Waals surface area contributed by atoms with Crippen molar-refractivity contribution < 1.29 is 9.90 Å². The van der Waals surface area contributed by atoms with E-state index in [4.69, 9.17) is 0 Å². The van der Waals surface area contributed by atoms with Gasteiger partial charge in [-0.05, 0) is 37.9 Å². The number of urea groups is 1. The summed E-state index contributed by atoms with van der Waals surface area (Å²) in [5, 5.41) is 16.0. The standard InChI is InChI=1S/C11H20N2O2S/c14-10(12-7-9-3-1-6-16-9)13-8-11(15)4-2-5-11/h9,15H,1-8H2,(H2,12,13,14). The van der Waals surface area contributed by atoms with Crippen LogP contribution in [0.1, 0.15) is 32.1 Å². The molecule has 0 spiro atoms. The first-order valence-corrected chi connectivity index (χ1v) is 7.09. The number of rotatable bonds is 4. The lowest BCUT2D eigenvalue weighted by atomic mass is 9.80. The third-order valence-corrected chi connectivity index (χ3v) is 4.77. The highest BCUT2D eigenvalue weighted by Gasteiger charge is 2.34. The lowest BCUT2D eigenvalue weighted by Gasteiger charge is -2.36. The fourth-order valence-electron chi connectivity index (χ4n) is 2.08. The van der Waals surface area contributed by atoms with Gasteiger partial charge in [0.05, 0.1) is 5.60 Å². The van der Waals surface area contributed by atoms with E-state index < -0.39 is 5.60 Å². The summed E-state index contributed by atoms with van der Waals surface area (Å²) in [7, 11) is 0. The molecule has 1 heterocycles. The minimum atomic E-state index is -0.626. The molecular weight excluding hydrogens is 224 g/mol. The molecule has 1 aliphatic heterocycles. The van der Waals surface area contributed by atoms with Gasteiger partial charge in [0.2, 0.25) is 0 Å². The summed E-state index contributed by atoms with van der Waals surface area (Å²) in [6.45, 7) is 1.13. The van der Waals surface area contributed by atoms with Crippen LogP contribution in [0.5, 0.6) is 0 Å². The van der Waals surface area contributed by atoms with Crippen LogP contribution in [0.3, 0.4) is 0 Å². The Kier molecular flexibility index (Phi) is 3.97. The molecule has 0 aromatic heterocycles. The molecule has 1 unspecified atom stereocenters. The van der Waals surface area contributed by atoms with E-state index in [2.05, 4.69) is 10.6 Å². The normalized spacial score (nSPS) is 27.2. The van der Waals surface area contributed by atoms with Crippen molar-refractivity contribution in [2.45, 2.75) is 43.0 Å². The van der Waals surface area contributed by atoms with Crippen molar-refractivity contribution in [3.63, 3.8) is 0 Å². The maximum absolute atomic E-state index is 11.4. The Balaban J connectivity index is 1.57. The van der Waals surface area contributed by atoms with Crippen molar-refractivity contribution in [3.05, 3.63) is 0 Å². The van der Waals surface area contributed by atoms with Crippen LogP contribution >= 0.6 is 11.8 Å². The third kappa shape index (κ3) is 3.28. The van der Waals surface area contributed by atoms with Gasteiger partial charge in [0.25, 0.3) is 0 Å². The van der Waals surface area contributed by atoms with Gasteiger partial charge in [-0.1, -0.05) is 0 Å². The number of nitrogens with one attached hydrogen (secondary N) is 2. The molecule has 2 fully saturated rings. The highest BCUT2D eigenvalue weighted by Crippen LogP contribution is 2.30. The average Bonchev–Trinajstić information content (AvgIpc) is 2.73. The number of hydrogen-bond acceptors (Lipinski definition) is 3. The highest BCUT2D eigenvalue weighted by molar-refractivity contribution is 8.00. The lowest BCUT2D eigenvalue weighted by molar-refractivity contribution is -0.0290. The predicted octanol–water partition coefficient (Wildman–Crippen LogP) is 1.10. The van der Waals surface area contributed by atoms with Crippen molar-refractivity contribution in [3.8, 4) is 0 Å². The first-order valence-electron chi connectivity index (χ1n) is 6.04. The van der Waals surface area contributed by atoms with Crippen LogP contribution in [0, 0.1) is 0 Å². The van der Waals surface area contributed by atoms with Gasteiger partial charge in [-0.15, -0.1) is 0 Å². The zero-order chi connectivity index (χ0) is 11.4. The Hall–Kier alpha value is -0.420. The molecule has 0 bridgehead atoms.